The summed E-state index contributed by atoms with van der Waals surface area (Å²) < 4.78 is 27.8. The van der Waals surface area contributed by atoms with Crippen LogP contribution in [0.4, 0.5) is 0 Å². The van der Waals surface area contributed by atoms with Crippen molar-refractivity contribution in [3.63, 3.8) is 0 Å². The number of nitrogens with one attached hydrogen (secondary N) is 1. The van der Waals surface area contributed by atoms with Crippen LogP contribution in [-0.4, -0.2) is 62.9 Å². The van der Waals surface area contributed by atoms with Crippen LogP contribution in [0.15, 0.2) is 59.5 Å². The number of amides is 1. The van der Waals surface area contributed by atoms with E-state index in [9.17, 15) is 13.2 Å². The molecule has 1 heterocycles. The summed E-state index contributed by atoms with van der Waals surface area (Å²) in [6.07, 6.45) is 5.90. The molecule has 0 spiro atoms. The van der Waals surface area contributed by atoms with Gasteiger partial charge in [0.25, 0.3) is 5.91 Å². The van der Waals surface area contributed by atoms with Gasteiger partial charge in [0.05, 0.1) is 5.02 Å². The maximum absolute atomic E-state index is 13.0. The molecule has 1 saturated carbocycles. The van der Waals surface area contributed by atoms with E-state index >= 15 is 0 Å². The Morgan fingerprint density at radius 3 is 2.45 bits per heavy atom. The minimum absolute atomic E-state index is 0.0237. The highest BCUT2D eigenvalue weighted by molar-refractivity contribution is 7.89. The molecule has 1 N–H and O–H groups in total. The molecule has 2 aromatic rings. The second-order valence-electron chi connectivity index (χ2n) is 7.95. The van der Waals surface area contributed by atoms with Gasteiger partial charge in [0.15, 0.2) is 0 Å². The van der Waals surface area contributed by atoms with Gasteiger partial charge in [-0.1, -0.05) is 54.1 Å². The Morgan fingerprint density at radius 2 is 1.77 bits per heavy atom. The predicted molar refractivity (Wildman–Crippen MR) is 123 cm³/mol. The maximum Gasteiger partial charge on any atom is 0.253 e. The summed E-state index contributed by atoms with van der Waals surface area (Å²) in [6.45, 7) is 3.57. The van der Waals surface area contributed by atoms with Gasteiger partial charge in [-0.25, -0.2) is 13.1 Å². The number of piperazine rings is 1. The second kappa shape index (κ2) is 9.53. The smallest absolute Gasteiger partial charge is 0.253 e. The standard InChI is InChI=1S/C23H26ClN3O3S/c24-21-11-8-19(17-22(21)31(29,30)25-20-9-10-20)23(28)27-15-13-26(14-16-27)12-4-7-18-5-2-1-3-6-18/h1-8,11,17,20,25H,9-10,12-16H2/b7-4+. The average molecular weight is 460 g/mol. The van der Waals surface area contributed by atoms with Crippen molar-refractivity contribution >= 4 is 33.6 Å². The zero-order valence-corrected chi connectivity index (χ0v) is 18.8. The fourth-order valence-corrected chi connectivity index (χ4v) is 5.38. The van der Waals surface area contributed by atoms with Gasteiger partial charge >= 0.3 is 0 Å². The Labute approximate surface area is 188 Å². The molecule has 4 rings (SSSR count). The largest absolute Gasteiger partial charge is 0.336 e. The molecule has 8 heteroatoms. The van der Waals surface area contributed by atoms with Crippen molar-refractivity contribution < 1.29 is 13.2 Å². The molecule has 0 unspecified atom stereocenters. The van der Waals surface area contributed by atoms with Crippen LogP contribution in [0, 0.1) is 0 Å². The van der Waals surface area contributed by atoms with E-state index in [1.54, 1.807) is 11.0 Å². The van der Waals surface area contributed by atoms with Gasteiger partial charge in [-0.3, -0.25) is 9.69 Å². The number of carbonyl (C=O) groups is 1. The molecular weight excluding hydrogens is 434 g/mol. The molecule has 2 aromatic carbocycles. The lowest BCUT2D eigenvalue weighted by Crippen LogP contribution is -2.48. The molecule has 1 aliphatic heterocycles. The second-order valence-corrected chi connectivity index (χ2v) is 10.0. The van der Waals surface area contributed by atoms with Crippen molar-refractivity contribution in [1.29, 1.82) is 0 Å². The summed E-state index contributed by atoms with van der Waals surface area (Å²) in [5.41, 5.74) is 1.51. The SMILES string of the molecule is O=C(c1ccc(Cl)c(S(=O)(=O)NC2CC2)c1)N1CCN(C/C=C/c2ccccc2)CC1. The molecule has 31 heavy (non-hydrogen) atoms. The Hall–Kier alpha value is -2.19. The van der Waals surface area contributed by atoms with Crippen LogP contribution in [0.2, 0.25) is 5.02 Å². The van der Waals surface area contributed by atoms with Gasteiger partial charge in [-0.05, 0) is 36.6 Å². The van der Waals surface area contributed by atoms with E-state index in [0.717, 1.165) is 32.5 Å². The summed E-state index contributed by atoms with van der Waals surface area (Å²) >= 11 is 6.13. The maximum atomic E-state index is 13.0. The molecule has 1 saturated heterocycles. The Morgan fingerprint density at radius 1 is 1.06 bits per heavy atom. The number of halogens is 1. The first-order chi connectivity index (χ1) is 14.9. The number of hydrogen-bond donors (Lipinski definition) is 1. The van der Waals surface area contributed by atoms with Gasteiger partial charge in [0.1, 0.15) is 4.90 Å². The summed E-state index contributed by atoms with van der Waals surface area (Å²) in [6, 6.07) is 14.6. The molecule has 0 aromatic heterocycles. The third-order valence-corrected chi connectivity index (χ3v) is 7.50. The first kappa shape index (κ1) is 22.0. The lowest BCUT2D eigenvalue weighted by Gasteiger charge is -2.34. The summed E-state index contributed by atoms with van der Waals surface area (Å²) in [4.78, 5) is 17.0. The Bertz CT molecular complexity index is 1060. The molecule has 0 radical (unpaired) electrons. The number of benzene rings is 2. The highest BCUT2D eigenvalue weighted by Gasteiger charge is 2.30. The van der Waals surface area contributed by atoms with Gasteiger partial charge in [-0.15, -0.1) is 0 Å². The highest BCUT2D eigenvalue weighted by atomic mass is 35.5. The molecule has 1 amide bonds. The quantitative estimate of drug-likeness (QED) is 0.690. The van der Waals surface area contributed by atoms with Crippen molar-refractivity contribution in [2.75, 3.05) is 32.7 Å². The van der Waals surface area contributed by atoms with E-state index in [1.807, 2.05) is 18.2 Å². The zero-order chi connectivity index (χ0) is 21.8. The third-order valence-electron chi connectivity index (χ3n) is 5.50. The van der Waals surface area contributed by atoms with Crippen LogP contribution in [0.3, 0.4) is 0 Å². The van der Waals surface area contributed by atoms with Gasteiger partial charge in [0.2, 0.25) is 10.0 Å². The van der Waals surface area contributed by atoms with Gasteiger partial charge < -0.3 is 4.90 Å². The van der Waals surface area contributed by atoms with Crippen LogP contribution in [0.25, 0.3) is 6.08 Å². The average Bonchev–Trinajstić information content (AvgIpc) is 3.58. The van der Waals surface area contributed by atoms with E-state index in [4.69, 9.17) is 11.6 Å². The molecule has 164 valence electrons. The van der Waals surface area contributed by atoms with Crippen molar-refractivity contribution in [3.8, 4) is 0 Å². The molecule has 1 aliphatic carbocycles. The van der Waals surface area contributed by atoms with E-state index < -0.39 is 10.0 Å². The van der Waals surface area contributed by atoms with Crippen LogP contribution < -0.4 is 4.72 Å². The topological polar surface area (TPSA) is 69.7 Å². The van der Waals surface area contributed by atoms with Crippen molar-refractivity contribution in [3.05, 3.63) is 70.8 Å². The normalized spacial score (nSPS) is 17.9. The number of nitrogens with zero attached hydrogens (tertiary/aromatic N) is 2. The molecule has 6 nitrogen and oxygen atoms in total. The molecule has 2 fully saturated rings. The fourth-order valence-electron chi connectivity index (χ4n) is 3.54. The summed E-state index contributed by atoms with van der Waals surface area (Å²) in [5, 5.41) is 0.125. The van der Waals surface area contributed by atoms with E-state index in [1.165, 1.54) is 17.7 Å². The first-order valence-electron chi connectivity index (χ1n) is 10.5. The Kier molecular flexibility index (Phi) is 6.77. The van der Waals surface area contributed by atoms with Crippen LogP contribution in [0.1, 0.15) is 28.8 Å². The Balaban J connectivity index is 1.35. The molecular formula is C23H26ClN3O3S. The minimum atomic E-state index is -3.72. The van der Waals surface area contributed by atoms with E-state index in [-0.39, 0.29) is 21.9 Å². The van der Waals surface area contributed by atoms with Crippen LogP contribution in [-0.2, 0) is 10.0 Å². The predicted octanol–water partition coefficient (Wildman–Crippen LogP) is 3.25. The third kappa shape index (κ3) is 5.74. The van der Waals surface area contributed by atoms with E-state index in [2.05, 4.69) is 33.9 Å². The fraction of sp³-hybridized carbons (Fsp3) is 0.348. The summed E-state index contributed by atoms with van der Waals surface area (Å²) in [5.74, 6) is -0.168. The molecule has 0 bridgehead atoms. The lowest BCUT2D eigenvalue weighted by molar-refractivity contribution is 0.0650. The molecule has 2 aliphatic rings. The number of rotatable bonds is 7. The van der Waals surface area contributed by atoms with Crippen LogP contribution >= 0.6 is 11.6 Å². The molecule has 0 atom stereocenters. The monoisotopic (exact) mass is 459 g/mol. The van der Waals surface area contributed by atoms with Crippen molar-refractivity contribution in [2.45, 2.75) is 23.8 Å². The van der Waals surface area contributed by atoms with Gasteiger partial charge in [0, 0.05) is 44.3 Å². The highest BCUT2D eigenvalue weighted by Crippen LogP contribution is 2.27. The first-order valence-corrected chi connectivity index (χ1v) is 12.3. The van der Waals surface area contributed by atoms with E-state index in [0.29, 0.717) is 18.7 Å². The minimum Gasteiger partial charge on any atom is -0.336 e. The lowest BCUT2D eigenvalue weighted by atomic mass is 10.1. The van der Waals surface area contributed by atoms with Crippen molar-refractivity contribution in [1.82, 2.24) is 14.5 Å². The summed E-state index contributed by atoms with van der Waals surface area (Å²) in [7, 11) is -3.72. The zero-order valence-electron chi connectivity index (χ0n) is 17.2. The number of hydrogen-bond acceptors (Lipinski definition) is 4. The number of carbonyl (C=O) groups excluding carboxylic acids is 1. The van der Waals surface area contributed by atoms with Crippen LogP contribution in [0.5, 0.6) is 0 Å². The van der Waals surface area contributed by atoms with Gasteiger partial charge in [-0.2, -0.15) is 0 Å². The number of sulfonamides is 1. The van der Waals surface area contributed by atoms with Crippen molar-refractivity contribution in [2.24, 2.45) is 0 Å².